The van der Waals surface area contributed by atoms with E-state index in [2.05, 4.69) is 9.72 Å². The van der Waals surface area contributed by atoms with Crippen molar-refractivity contribution in [3.05, 3.63) is 17.8 Å². The van der Waals surface area contributed by atoms with Crippen molar-refractivity contribution in [1.29, 1.82) is 0 Å². The number of hydrogen-bond donors (Lipinski definition) is 1. The van der Waals surface area contributed by atoms with E-state index in [1.165, 1.54) is 0 Å². The molecule has 0 aliphatic rings. The Labute approximate surface area is 76.5 Å². The highest BCUT2D eigenvalue weighted by Gasteiger charge is 2.33. The predicted molar refractivity (Wildman–Crippen MR) is 40.7 cm³/mol. The normalized spacial score (nSPS) is 11.1. The Hall–Kier alpha value is -1.79. The summed E-state index contributed by atoms with van der Waals surface area (Å²) in [7, 11) is 0. The summed E-state index contributed by atoms with van der Waals surface area (Å²) in [4.78, 5) is 13.7. The van der Waals surface area contributed by atoms with Crippen LogP contribution in [0.5, 0.6) is 5.75 Å². The SMILES string of the molecule is Nc1nccc(C=O)c1OC(F)(F)F. The summed E-state index contributed by atoms with van der Waals surface area (Å²) in [5.41, 5.74) is 4.81. The zero-order chi connectivity index (χ0) is 10.8. The molecule has 0 atom stereocenters. The van der Waals surface area contributed by atoms with Crippen LogP contribution in [0.1, 0.15) is 10.4 Å². The summed E-state index contributed by atoms with van der Waals surface area (Å²) in [5.74, 6) is -1.25. The fourth-order valence-electron chi connectivity index (χ4n) is 0.800. The van der Waals surface area contributed by atoms with E-state index in [1.54, 1.807) is 0 Å². The number of carbonyl (C=O) groups is 1. The van der Waals surface area contributed by atoms with E-state index in [4.69, 9.17) is 5.73 Å². The number of hydrogen-bond acceptors (Lipinski definition) is 4. The number of carbonyl (C=O) groups excluding carboxylic acids is 1. The van der Waals surface area contributed by atoms with Crippen LogP contribution in [-0.2, 0) is 0 Å². The number of aromatic nitrogens is 1. The molecule has 0 unspecified atom stereocenters. The monoisotopic (exact) mass is 206 g/mol. The van der Waals surface area contributed by atoms with Gasteiger partial charge in [-0.25, -0.2) is 4.98 Å². The lowest BCUT2D eigenvalue weighted by Crippen LogP contribution is -2.19. The quantitative estimate of drug-likeness (QED) is 0.742. The van der Waals surface area contributed by atoms with Gasteiger partial charge in [0.05, 0.1) is 5.56 Å². The molecule has 2 N–H and O–H groups in total. The number of anilines is 1. The highest BCUT2D eigenvalue weighted by molar-refractivity contribution is 5.81. The number of halogens is 3. The van der Waals surface area contributed by atoms with Crippen LogP contribution in [0.2, 0.25) is 0 Å². The summed E-state index contributed by atoms with van der Waals surface area (Å²) in [6.45, 7) is 0. The van der Waals surface area contributed by atoms with Crippen molar-refractivity contribution in [1.82, 2.24) is 4.98 Å². The standard InChI is InChI=1S/C7H5F3N2O2/c8-7(9,10)14-5-4(3-13)1-2-12-6(5)11/h1-3H,(H2,11,12). The van der Waals surface area contributed by atoms with Gasteiger partial charge in [-0.05, 0) is 6.07 Å². The number of alkyl halides is 3. The molecule has 1 rings (SSSR count). The van der Waals surface area contributed by atoms with Gasteiger partial charge in [0.15, 0.2) is 17.9 Å². The minimum atomic E-state index is -4.89. The maximum absolute atomic E-state index is 11.8. The second-order valence-electron chi connectivity index (χ2n) is 2.28. The third-order valence-electron chi connectivity index (χ3n) is 1.31. The molecule has 1 heterocycles. The van der Waals surface area contributed by atoms with Crippen molar-refractivity contribution in [2.24, 2.45) is 0 Å². The number of aldehydes is 1. The van der Waals surface area contributed by atoms with E-state index >= 15 is 0 Å². The first-order chi connectivity index (χ1) is 6.44. The largest absolute Gasteiger partial charge is 0.573 e. The average molecular weight is 206 g/mol. The zero-order valence-electron chi connectivity index (χ0n) is 6.71. The summed E-state index contributed by atoms with van der Waals surface area (Å²) in [6.07, 6.45) is -3.57. The minimum absolute atomic E-state index is 0.207. The van der Waals surface area contributed by atoms with Gasteiger partial charge in [-0.1, -0.05) is 0 Å². The van der Waals surface area contributed by atoms with Gasteiger partial charge in [0, 0.05) is 6.20 Å². The van der Waals surface area contributed by atoms with Crippen molar-refractivity contribution in [2.45, 2.75) is 6.36 Å². The Morgan fingerprint density at radius 3 is 2.64 bits per heavy atom. The second-order valence-corrected chi connectivity index (χ2v) is 2.28. The molecule has 14 heavy (non-hydrogen) atoms. The van der Waals surface area contributed by atoms with E-state index in [1.807, 2.05) is 0 Å². The summed E-state index contributed by atoms with van der Waals surface area (Å²) in [5, 5.41) is 0. The molecule has 76 valence electrons. The molecule has 1 aromatic heterocycles. The predicted octanol–water partition coefficient (Wildman–Crippen LogP) is 1.37. The molecular weight excluding hydrogens is 201 g/mol. The second kappa shape index (κ2) is 3.52. The fraction of sp³-hybridized carbons (Fsp3) is 0.143. The lowest BCUT2D eigenvalue weighted by molar-refractivity contribution is -0.274. The molecule has 0 aliphatic heterocycles. The molecule has 4 nitrogen and oxygen atoms in total. The van der Waals surface area contributed by atoms with E-state index in [9.17, 15) is 18.0 Å². The Balaban J connectivity index is 3.11. The first-order valence-corrected chi connectivity index (χ1v) is 3.39. The van der Waals surface area contributed by atoms with Gasteiger partial charge in [-0.15, -0.1) is 13.2 Å². The Bertz CT molecular complexity index is 351. The van der Waals surface area contributed by atoms with E-state index in [0.717, 1.165) is 12.3 Å². The molecule has 0 spiro atoms. The highest BCUT2D eigenvalue weighted by atomic mass is 19.4. The van der Waals surface area contributed by atoms with Gasteiger partial charge in [-0.3, -0.25) is 4.79 Å². The highest BCUT2D eigenvalue weighted by Crippen LogP contribution is 2.29. The van der Waals surface area contributed by atoms with Crippen LogP contribution in [0.15, 0.2) is 12.3 Å². The summed E-state index contributed by atoms with van der Waals surface area (Å²) >= 11 is 0. The number of ether oxygens (including phenoxy) is 1. The molecule has 0 radical (unpaired) electrons. The van der Waals surface area contributed by atoms with Crippen LogP contribution in [0.25, 0.3) is 0 Å². The summed E-state index contributed by atoms with van der Waals surface area (Å²) in [6, 6.07) is 1.07. The topological polar surface area (TPSA) is 65.2 Å². The van der Waals surface area contributed by atoms with Crippen molar-refractivity contribution in [3.8, 4) is 5.75 Å². The molecule has 0 saturated carbocycles. The molecule has 1 aromatic rings. The third-order valence-corrected chi connectivity index (χ3v) is 1.31. The van der Waals surface area contributed by atoms with Crippen LogP contribution >= 0.6 is 0 Å². The van der Waals surface area contributed by atoms with Crippen LogP contribution in [0, 0.1) is 0 Å². The zero-order valence-corrected chi connectivity index (χ0v) is 6.71. The molecule has 0 bridgehead atoms. The van der Waals surface area contributed by atoms with Gasteiger partial charge < -0.3 is 10.5 Å². The molecule has 0 amide bonds. The van der Waals surface area contributed by atoms with Crippen LogP contribution in [-0.4, -0.2) is 17.6 Å². The summed E-state index contributed by atoms with van der Waals surface area (Å²) < 4.78 is 39.0. The number of nitrogen functional groups attached to an aromatic ring is 1. The van der Waals surface area contributed by atoms with Crippen molar-refractivity contribution < 1.29 is 22.7 Å². The lowest BCUT2D eigenvalue weighted by Gasteiger charge is -2.11. The smallest absolute Gasteiger partial charge is 0.401 e. The van der Waals surface area contributed by atoms with Gasteiger partial charge >= 0.3 is 6.36 Å². The molecule has 7 heteroatoms. The minimum Gasteiger partial charge on any atom is -0.401 e. The Morgan fingerprint density at radius 2 is 2.14 bits per heavy atom. The van der Waals surface area contributed by atoms with Crippen molar-refractivity contribution >= 4 is 12.1 Å². The molecule has 0 fully saturated rings. The molecule has 0 aliphatic carbocycles. The number of rotatable bonds is 2. The lowest BCUT2D eigenvalue weighted by atomic mass is 10.2. The first-order valence-electron chi connectivity index (χ1n) is 3.39. The number of nitrogens with two attached hydrogens (primary N) is 1. The van der Waals surface area contributed by atoms with Crippen molar-refractivity contribution in [3.63, 3.8) is 0 Å². The number of nitrogens with zero attached hydrogens (tertiary/aromatic N) is 1. The van der Waals surface area contributed by atoms with E-state index in [-0.39, 0.29) is 11.8 Å². The van der Waals surface area contributed by atoms with Crippen LogP contribution < -0.4 is 10.5 Å². The molecule has 0 aromatic carbocycles. The van der Waals surface area contributed by atoms with E-state index in [0.29, 0.717) is 0 Å². The first kappa shape index (κ1) is 10.3. The van der Waals surface area contributed by atoms with Gasteiger partial charge in [-0.2, -0.15) is 0 Å². The van der Waals surface area contributed by atoms with E-state index < -0.39 is 17.9 Å². The van der Waals surface area contributed by atoms with Gasteiger partial charge in [0.2, 0.25) is 0 Å². The van der Waals surface area contributed by atoms with Gasteiger partial charge in [0.25, 0.3) is 0 Å². The van der Waals surface area contributed by atoms with Crippen LogP contribution in [0.3, 0.4) is 0 Å². The maximum atomic E-state index is 11.8. The molecule has 0 saturated heterocycles. The van der Waals surface area contributed by atoms with Gasteiger partial charge in [0.1, 0.15) is 0 Å². The average Bonchev–Trinajstić information content (AvgIpc) is 2.06. The molecular formula is C7H5F3N2O2. The van der Waals surface area contributed by atoms with Crippen molar-refractivity contribution in [2.75, 3.05) is 5.73 Å². The maximum Gasteiger partial charge on any atom is 0.573 e. The third kappa shape index (κ3) is 2.35. The number of pyridine rings is 1. The van der Waals surface area contributed by atoms with Crippen LogP contribution in [0.4, 0.5) is 19.0 Å². The Morgan fingerprint density at radius 1 is 1.50 bits per heavy atom. The Kier molecular flexibility index (Phi) is 2.59. The fourth-order valence-corrected chi connectivity index (χ4v) is 0.800.